The molecule has 0 aliphatic carbocycles. The van der Waals surface area contributed by atoms with Crippen molar-refractivity contribution >= 4 is 46.1 Å². The number of benzene rings is 2. The van der Waals surface area contributed by atoms with Crippen molar-refractivity contribution < 1.29 is 4.39 Å². The Bertz CT molecular complexity index is 1380. The number of aromatic nitrogens is 3. The number of nitrogens with zero attached hydrogens (tertiary/aromatic N) is 4. The maximum atomic E-state index is 13.2. The molecular weight excluding hydrogens is 481 g/mol. The first-order valence-electron chi connectivity index (χ1n) is 11.6. The molecular formula is C27H25ClFN5S. The second-order valence-electron chi connectivity index (χ2n) is 8.69. The Balaban J connectivity index is 1.40. The summed E-state index contributed by atoms with van der Waals surface area (Å²) in [6.45, 7) is 7.42. The number of hydrogen-bond donors (Lipinski definition) is 1. The minimum atomic E-state index is -0.270. The summed E-state index contributed by atoms with van der Waals surface area (Å²) in [6, 6.07) is 14.2. The van der Waals surface area contributed by atoms with Gasteiger partial charge in [-0.15, -0.1) is 0 Å². The zero-order chi connectivity index (χ0) is 24.4. The molecule has 1 saturated heterocycles. The van der Waals surface area contributed by atoms with E-state index in [-0.39, 0.29) is 5.82 Å². The summed E-state index contributed by atoms with van der Waals surface area (Å²) in [5.74, 6) is 1.19. The van der Waals surface area contributed by atoms with E-state index in [1.165, 1.54) is 36.9 Å². The average Bonchev–Trinajstić information content (AvgIpc) is 3.24. The fourth-order valence-corrected chi connectivity index (χ4v) is 5.22. The molecule has 5 rings (SSSR count). The molecule has 1 aliphatic heterocycles. The Kier molecular flexibility index (Phi) is 6.88. The molecule has 5 nitrogen and oxygen atoms in total. The van der Waals surface area contributed by atoms with E-state index < -0.39 is 0 Å². The smallest absolute Gasteiger partial charge is 0.152 e. The highest BCUT2D eigenvalue weighted by atomic mass is 35.5. The molecule has 0 radical (unpaired) electrons. The molecule has 1 unspecified atom stereocenters. The van der Waals surface area contributed by atoms with Gasteiger partial charge in [-0.2, -0.15) is 0 Å². The van der Waals surface area contributed by atoms with Crippen LogP contribution in [0.15, 0.2) is 78.1 Å². The molecule has 0 saturated carbocycles. The van der Waals surface area contributed by atoms with Crippen LogP contribution in [0.25, 0.3) is 22.2 Å². The summed E-state index contributed by atoms with van der Waals surface area (Å²) in [6.07, 6.45) is 6.95. The second kappa shape index (κ2) is 10.2. The standard InChI is InChI=1S/C27H25ClFN5S/c1-3-4-18-11-17(2)34(16-18)26-15-30-23-10-5-19(12-24(23)32-26)20-13-25(27(28)31-14-20)33-35-22-8-6-21(29)7-9-22/h5-10,12-15,18,33H,2-4,11,16H2,1H3. The van der Waals surface area contributed by atoms with Crippen LogP contribution in [0.3, 0.4) is 0 Å². The predicted octanol–water partition coefficient (Wildman–Crippen LogP) is 7.74. The molecule has 1 aliphatic rings. The van der Waals surface area contributed by atoms with Crippen molar-refractivity contribution in [1.82, 2.24) is 15.0 Å². The number of allylic oxidation sites excluding steroid dienone is 1. The summed E-state index contributed by atoms with van der Waals surface area (Å²) < 4.78 is 16.4. The fourth-order valence-electron chi connectivity index (χ4n) is 4.36. The van der Waals surface area contributed by atoms with Crippen molar-refractivity contribution in [2.75, 3.05) is 16.2 Å². The van der Waals surface area contributed by atoms with Gasteiger partial charge in [0.25, 0.3) is 0 Å². The Morgan fingerprint density at radius 3 is 2.71 bits per heavy atom. The first-order chi connectivity index (χ1) is 17.0. The van der Waals surface area contributed by atoms with Crippen LogP contribution in [0, 0.1) is 11.7 Å². The van der Waals surface area contributed by atoms with Crippen molar-refractivity contribution in [2.45, 2.75) is 31.1 Å². The molecule has 1 fully saturated rings. The number of halogens is 2. The van der Waals surface area contributed by atoms with E-state index >= 15 is 0 Å². The van der Waals surface area contributed by atoms with E-state index in [0.717, 1.165) is 51.5 Å². The van der Waals surface area contributed by atoms with Crippen LogP contribution >= 0.6 is 23.5 Å². The molecule has 8 heteroatoms. The third kappa shape index (κ3) is 5.26. The maximum Gasteiger partial charge on any atom is 0.152 e. The summed E-state index contributed by atoms with van der Waals surface area (Å²) in [4.78, 5) is 17.0. The maximum absolute atomic E-state index is 13.2. The topological polar surface area (TPSA) is 53.9 Å². The van der Waals surface area contributed by atoms with Gasteiger partial charge in [0.15, 0.2) is 11.0 Å². The van der Waals surface area contributed by atoms with Crippen molar-refractivity contribution in [3.63, 3.8) is 0 Å². The van der Waals surface area contributed by atoms with Gasteiger partial charge >= 0.3 is 0 Å². The highest BCUT2D eigenvalue weighted by molar-refractivity contribution is 8.00. The molecule has 2 aromatic heterocycles. The van der Waals surface area contributed by atoms with Crippen LogP contribution in [-0.4, -0.2) is 21.5 Å². The lowest BCUT2D eigenvalue weighted by Crippen LogP contribution is -2.19. The van der Waals surface area contributed by atoms with Gasteiger partial charge in [0.1, 0.15) is 5.82 Å². The molecule has 0 amide bonds. The van der Waals surface area contributed by atoms with Gasteiger partial charge in [-0.25, -0.2) is 14.4 Å². The predicted molar refractivity (Wildman–Crippen MR) is 143 cm³/mol. The number of rotatable bonds is 7. The fraction of sp³-hybridized carbons (Fsp3) is 0.222. The van der Waals surface area contributed by atoms with Gasteiger partial charge in [-0.1, -0.05) is 37.6 Å². The third-order valence-electron chi connectivity index (χ3n) is 6.11. The van der Waals surface area contributed by atoms with Crippen LogP contribution in [0.4, 0.5) is 15.9 Å². The lowest BCUT2D eigenvalue weighted by molar-refractivity contribution is 0.535. The van der Waals surface area contributed by atoms with E-state index in [0.29, 0.717) is 16.8 Å². The summed E-state index contributed by atoms with van der Waals surface area (Å²) in [5.41, 5.74) is 5.29. The SMILES string of the molecule is C=C1CC(CCC)CN1c1cnc2ccc(-c3cnc(Cl)c(NSc4ccc(F)cc4)c3)cc2n1. The molecule has 35 heavy (non-hydrogen) atoms. The number of fused-ring (bicyclic) bond motifs is 1. The summed E-state index contributed by atoms with van der Waals surface area (Å²) in [7, 11) is 0. The minimum absolute atomic E-state index is 0.270. The molecule has 1 N–H and O–H groups in total. The van der Waals surface area contributed by atoms with E-state index in [4.69, 9.17) is 16.6 Å². The third-order valence-corrected chi connectivity index (χ3v) is 7.25. The lowest BCUT2D eigenvalue weighted by atomic mass is 10.0. The minimum Gasteiger partial charge on any atom is -0.329 e. The number of anilines is 2. The quantitative estimate of drug-likeness (QED) is 0.205. The van der Waals surface area contributed by atoms with Gasteiger partial charge < -0.3 is 9.62 Å². The molecule has 1 atom stereocenters. The average molecular weight is 506 g/mol. The van der Waals surface area contributed by atoms with E-state index in [9.17, 15) is 4.39 Å². The Morgan fingerprint density at radius 2 is 1.91 bits per heavy atom. The molecule has 178 valence electrons. The first-order valence-corrected chi connectivity index (χ1v) is 12.8. The largest absolute Gasteiger partial charge is 0.329 e. The van der Waals surface area contributed by atoms with Crippen molar-refractivity contribution in [1.29, 1.82) is 0 Å². The number of pyridine rings is 1. The second-order valence-corrected chi connectivity index (χ2v) is 9.93. The molecule has 2 aromatic carbocycles. The van der Waals surface area contributed by atoms with Gasteiger partial charge in [0.05, 0.1) is 22.9 Å². The molecule has 0 spiro atoms. The van der Waals surface area contributed by atoms with E-state index in [2.05, 4.69) is 33.1 Å². The van der Waals surface area contributed by atoms with Crippen LogP contribution < -0.4 is 9.62 Å². The van der Waals surface area contributed by atoms with Crippen LogP contribution in [0.2, 0.25) is 5.15 Å². The highest BCUT2D eigenvalue weighted by Crippen LogP contribution is 2.34. The van der Waals surface area contributed by atoms with Gasteiger partial charge in [0.2, 0.25) is 0 Å². The zero-order valence-corrected chi connectivity index (χ0v) is 20.9. The number of hydrogen-bond acceptors (Lipinski definition) is 6. The summed E-state index contributed by atoms with van der Waals surface area (Å²) in [5, 5.41) is 0.361. The molecule has 0 bridgehead atoms. The van der Waals surface area contributed by atoms with Crippen molar-refractivity contribution in [2.24, 2.45) is 5.92 Å². The molecule has 3 heterocycles. The monoisotopic (exact) mass is 505 g/mol. The van der Waals surface area contributed by atoms with Crippen molar-refractivity contribution in [3.05, 3.63) is 84.2 Å². The Labute approximate surface area is 213 Å². The van der Waals surface area contributed by atoms with Gasteiger partial charge in [-0.05, 0) is 78.7 Å². The van der Waals surface area contributed by atoms with Crippen LogP contribution in [-0.2, 0) is 0 Å². The van der Waals surface area contributed by atoms with E-state index in [1.807, 2.05) is 30.5 Å². The van der Waals surface area contributed by atoms with E-state index in [1.54, 1.807) is 18.3 Å². The number of nitrogens with one attached hydrogen (secondary N) is 1. The first kappa shape index (κ1) is 23.6. The lowest BCUT2D eigenvalue weighted by Gasteiger charge is -2.18. The Morgan fingerprint density at radius 1 is 1.09 bits per heavy atom. The molecule has 4 aromatic rings. The Hall–Kier alpha value is -3.16. The zero-order valence-electron chi connectivity index (χ0n) is 19.3. The highest BCUT2D eigenvalue weighted by Gasteiger charge is 2.26. The van der Waals surface area contributed by atoms with Crippen LogP contribution in [0.1, 0.15) is 26.2 Å². The van der Waals surface area contributed by atoms with Gasteiger partial charge in [-0.3, -0.25) is 4.98 Å². The van der Waals surface area contributed by atoms with Gasteiger partial charge in [0, 0.05) is 28.9 Å². The van der Waals surface area contributed by atoms with Crippen LogP contribution in [0.5, 0.6) is 0 Å². The normalized spacial score (nSPS) is 15.7. The summed E-state index contributed by atoms with van der Waals surface area (Å²) >= 11 is 7.67. The van der Waals surface area contributed by atoms with Crippen molar-refractivity contribution in [3.8, 4) is 11.1 Å².